The summed E-state index contributed by atoms with van der Waals surface area (Å²) in [5.41, 5.74) is 4.81. The minimum atomic E-state index is -1.68. The minimum Gasteiger partial charge on any atom is -0.394 e. The molecule has 0 radical (unpaired) electrons. The van der Waals surface area contributed by atoms with Gasteiger partial charge in [-0.3, -0.25) is 4.79 Å². The molecule has 1 aliphatic heterocycles. The van der Waals surface area contributed by atoms with Crippen molar-refractivity contribution < 1.29 is 24.9 Å². The number of rotatable bonds is 4. The maximum atomic E-state index is 10.8. The highest BCUT2D eigenvalue weighted by molar-refractivity contribution is 6.01. The van der Waals surface area contributed by atoms with Crippen molar-refractivity contribution in [3.63, 3.8) is 0 Å². The van der Waals surface area contributed by atoms with Crippen molar-refractivity contribution in [3.05, 3.63) is 12.5 Å². The van der Waals surface area contributed by atoms with Gasteiger partial charge in [0, 0.05) is 6.20 Å². The van der Waals surface area contributed by atoms with Gasteiger partial charge in [0.15, 0.2) is 6.23 Å². The van der Waals surface area contributed by atoms with Gasteiger partial charge in [0.05, 0.1) is 17.7 Å². The molecule has 6 N–H and O–H groups in total. The van der Waals surface area contributed by atoms with E-state index in [-0.39, 0.29) is 5.82 Å². The van der Waals surface area contributed by atoms with Gasteiger partial charge >= 0.3 is 0 Å². The zero-order chi connectivity index (χ0) is 16.8. The molecule has 10 heteroatoms. The van der Waals surface area contributed by atoms with Gasteiger partial charge in [-0.05, 0) is 6.92 Å². The first-order valence-corrected chi connectivity index (χ1v) is 6.89. The predicted molar refractivity (Wildman–Crippen MR) is 79.3 cm³/mol. The standard InChI is InChI=1S/C13H17N5O5/c1-13(22)9(21)7(3-19)23-12(13)18-2-6(17-5-20)8-10(14)15-4-16-11(8)18/h2,4-5,7,9,12,19,21-22H,3H2,1H3,(H,17,20)(H2,14,15,16)/t7-,9-,12-,13-/m1/s1. The zero-order valence-corrected chi connectivity index (χ0v) is 12.2. The summed E-state index contributed by atoms with van der Waals surface area (Å²) < 4.78 is 7.00. The zero-order valence-electron chi connectivity index (χ0n) is 12.2. The maximum Gasteiger partial charge on any atom is 0.211 e. The van der Waals surface area contributed by atoms with Crippen LogP contribution < -0.4 is 11.1 Å². The second-order valence-electron chi connectivity index (χ2n) is 5.55. The van der Waals surface area contributed by atoms with Crippen molar-refractivity contribution in [2.75, 3.05) is 17.7 Å². The Balaban J connectivity index is 2.17. The van der Waals surface area contributed by atoms with E-state index in [4.69, 9.17) is 10.5 Å². The number of hydrogen-bond acceptors (Lipinski definition) is 8. The third-order valence-electron chi connectivity index (χ3n) is 4.04. The normalized spacial score (nSPS) is 30.7. The van der Waals surface area contributed by atoms with Crippen LogP contribution in [0, 0.1) is 0 Å². The number of aliphatic hydroxyl groups excluding tert-OH is 2. The number of fused-ring (bicyclic) bond motifs is 1. The van der Waals surface area contributed by atoms with Crippen molar-refractivity contribution in [1.29, 1.82) is 0 Å². The molecule has 124 valence electrons. The van der Waals surface area contributed by atoms with Crippen LogP contribution >= 0.6 is 0 Å². The molecule has 2 aromatic rings. The Morgan fingerprint density at radius 1 is 1.57 bits per heavy atom. The Hall–Kier alpha value is -2.27. The molecule has 1 saturated heterocycles. The number of amides is 1. The molecule has 0 unspecified atom stereocenters. The Morgan fingerprint density at radius 3 is 2.91 bits per heavy atom. The van der Waals surface area contributed by atoms with E-state index in [1.54, 1.807) is 0 Å². The molecule has 23 heavy (non-hydrogen) atoms. The summed E-state index contributed by atoms with van der Waals surface area (Å²) in [5.74, 6) is 0.148. The first kappa shape index (κ1) is 15.6. The summed E-state index contributed by atoms with van der Waals surface area (Å²) >= 11 is 0. The van der Waals surface area contributed by atoms with Crippen molar-refractivity contribution >= 4 is 28.9 Å². The Bertz CT molecular complexity index is 746. The Morgan fingerprint density at radius 2 is 2.30 bits per heavy atom. The molecule has 1 aliphatic rings. The van der Waals surface area contributed by atoms with E-state index in [2.05, 4.69) is 15.3 Å². The third-order valence-corrected chi connectivity index (χ3v) is 4.04. The number of aromatic nitrogens is 3. The first-order valence-electron chi connectivity index (χ1n) is 6.89. The molecule has 10 nitrogen and oxygen atoms in total. The van der Waals surface area contributed by atoms with Gasteiger partial charge in [0.25, 0.3) is 0 Å². The van der Waals surface area contributed by atoms with Crippen LogP contribution in [-0.2, 0) is 9.53 Å². The summed E-state index contributed by atoms with van der Waals surface area (Å²) in [6, 6.07) is 0. The van der Waals surface area contributed by atoms with Crippen LogP contribution in [-0.4, -0.2) is 60.7 Å². The molecule has 3 rings (SSSR count). The van der Waals surface area contributed by atoms with Crippen LogP contribution in [0.15, 0.2) is 12.5 Å². The van der Waals surface area contributed by atoms with E-state index in [0.717, 1.165) is 0 Å². The van der Waals surface area contributed by atoms with E-state index in [0.29, 0.717) is 23.1 Å². The molecule has 0 saturated carbocycles. The first-order chi connectivity index (χ1) is 10.9. The topological polar surface area (TPSA) is 156 Å². The molecule has 0 aliphatic carbocycles. The van der Waals surface area contributed by atoms with E-state index in [1.807, 2.05) is 0 Å². The molecular weight excluding hydrogens is 306 g/mol. The van der Waals surface area contributed by atoms with Gasteiger partial charge < -0.3 is 35.7 Å². The van der Waals surface area contributed by atoms with Gasteiger partial charge in [-0.15, -0.1) is 0 Å². The number of nitrogen functional groups attached to an aromatic ring is 1. The molecule has 1 fully saturated rings. The molecule has 3 heterocycles. The fourth-order valence-electron chi connectivity index (χ4n) is 2.85. The van der Waals surface area contributed by atoms with Crippen molar-refractivity contribution in [2.24, 2.45) is 0 Å². The lowest BCUT2D eigenvalue weighted by Gasteiger charge is -2.27. The van der Waals surface area contributed by atoms with Crippen LogP contribution in [0.4, 0.5) is 11.5 Å². The molecule has 2 aromatic heterocycles. The number of hydrogen-bond donors (Lipinski definition) is 5. The largest absolute Gasteiger partial charge is 0.394 e. The SMILES string of the molecule is C[C@@]1(O)[C@H](O)[C@@H](CO)O[C@H]1n1cc(NC=O)c2c(N)ncnc21. The lowest BCUT2D eigenvalue weighted by molar-refractivity contribution is -0.105. The smallest absolute Gasteiger partial charge is 0.211 e. The lowest BCUT2D eigenvalue weighted by atomic mass is 9.96. The number of carbonyl (C=O) groups is 1. The summed E-state index contributed by atoms with van der Waals surface area (Å²) in [5, 5.41) is 32.8. The quantitative estimate of drug-likeness (QED) is 0.429. The fourth-order valence-corrected chi connectivity index (χ4v) is 2.85. The number of anilines is 2. The van der Waals surface area contributed by atoms with Gasteiger partial charge in [-0.25, -0.2) is 9.97 Å². The number of carbonyl (C=O) groups excluding carboxylic acids is 1. The van der Waals surface area contributed by atoms with Crippen LogP contribution in [0.2, 0.25) is 0 Å². The number of nitrogens with one attached hydrogen (secondary N) is 1. The monoisotopic (exact) mass is 323 g/mol. The van der Waals surface area contributed by atoms with Gasteiger partial charge in [-0.1, -0.05) is 0 Å². The van der Waals surface area contributed by atoms with Crippen molar-refractivity contribution in [2.45, 2.75) is 31.0 Å². The number of nitrogens with zero attached hydrogens (tertiary/aromatic N) is 3. The average molecular weight is 323 g/mol. The minimum absolute atomic E-state index is 0.148. The average Bonchev–Trinajstić information content (AvgIpc) is 2.97. The van der Waals surface area contributed by atoms with Gasteiger partial charge in [0.2, 0.25) is 6.41 Å². The van der Waals surface area contributed by atoms with E-state index in [1.165, 1.54) is 24.0 Å². The molecule has 0 spiro atoms. The number of nitrogens with two attached hydrogens (primary N) is 1. The van der Waals surface area contributed by atoms with E-state index < -0.39 is 30.6 Å². The summed E-state index contributed by atoms with van der Waals surface area (Å²) in [6.07, 6.45) is -0.0812. The van der Waals surface area contributed by atoms with Crippen LogP contribution in [0.25, 0.3) is 11.0 Å². The highest BCUT2D eigenvalue weighted by atomic mass is 16.6. The summed E-state index contributed by atoms with van der Waals surface area (Å²) in [6.45, 7) is 0.935. The second-order valence-corrected chi connectivity index (χ2v) is 5.55. The van der Waals surface area contributed by atoms with Gasteiger partial charge in [0.1, 0.15) is 35.6 Å². The lowest BCUT2D eigenvalue weighted by Crippen LogP contribution is -2.44. The number of aliphatic hydroxyl groups is 3. The molecule has 0 bridgehead atoms. The molecule has 4 atom stereocenters. The van der Waals surface area contributed by atoms with Crippen LogP contribution in [0.3, 0.4) is 0 Å². The number of ether oxygens (including phenoxy) is 1. The highest BCUT2D eigenvalue weighted by Gasteiger charge is 2.53. The highest BCUT2D eigenvalue weighted by Crippen LogP contribution is 2.41. The maximum absolute atomic E-state index is 10.8. The van der Waals surface area contributed by atoms with Gasteiger partial charge in [-0.2, -0.15) is 0 Å². The third kappa shape index (κ3) is 2.23. The Kier molecular flexibility index (Phi) is 3.68. The van der Waals surface area contributed by atoms with Crippen LogP contribution in [0.1, 0.15) is 13.2 Å². The molecule has 1 amide bonds. The molecule has 0 aromatic carbocycles. The van der Waals surface area contributed by atoms with Crippen molar-refractivity contribution in [1.82, 2.24) is 14.5 Å². The molecular formula is C13H17N5O5. The van der Waals surface area contributed by atoms with E-state index >= 15 is 0 Å². The van der Waals surface area contributed by atoms with Crippen molar-refractivity contribution in [3.8, 4) is 0 Å². The predicted octanol–water partition coefficient (Wildman–Crippen LogP) is -1.42. The summed E-state index contributed by atoms with van der Waals surface area (Å²) in [4.78, 5) is 18.8. The van der Waals surface area contributed by atoms with Crippen LogP contribution in [0.5, 0.6) is 0 Å². The fraction of sp³-hybridized carbons (Fsp3) is 0.462. The second kappa shape index (κ2) is 5.42. The van der Waals surface area contributed by atoms with E-state index in [9.17, 15) is 20.1 Å². The Labute approximate surface area is 130 Å². The summed E-state index contributed by atoms with van der Waals surface area (Å²) in [7, 11) is 0.